The van der Waals surface area contributed by atoms with Gasteiger partial charge in [0.2, 0.25) is 0 Å². The van der Waals surface area contributed by atoms with E-state index in [4.69, 9.17) is 5.73 Å². The van der Waals surface area contributed by atoms with Crippen molar-refractivity contribution >= 4 is 0 Å². The van der Waals surface area contributed by atoms with Crippen LogP contribution in [0, 0.1) is 11.3 Å². The Balaban J connectivity index is 2.13. The first-order valence-electron chi connectivity index (χ1n) is 7.50. The molecule has 0 unspecified atom stereocenters. The number of nitrogens with two attached hydrogens (primary N) is 1. The fourth-order valence-corrected chi connectivity index (χ4v) is 2.72. The Morgan fingerprint density at radius 3 is 2.41 bits per heavy atom. The molecule has 0 radical (unpaired) electrons. The minimum absolute atomic E-state index is 0.435. The van der Waals surface area contributed by atoms with E-state index >= 15 is 0 Å². The molecular formula is C15H32N2. The smallest absolute Gasteiger partial charge is 0.000954 e. The maximum atomic E-state index is 5.65. The topological polar surface area (TPSA) is 29.3 Å². The minimum atomic E-state index is 0.435. The van der Waals surface area contributed by atoms with Crippen LogP contribution >= 0.6 is 0 Å². The quantitative estimate of drug-likeness (QED) is 0.670. The van der Waals surface area contributed by atoms with Crippen LogP contribution in [-0.4, -0.2) is 31.1 Å². The Labute approximate surface area is 108 Å². The molecule has 17 heavy (non-hydrogen) atoms. The lowest BCUT2D eigenvalue weighted by atomic mass is 9.83. The van der Waals surface area contributed by atoms with Crippen LogP contribution in [0.5, 0.6) is 0 Å². The molecule has 2 N–H and O–H groups in total. The predicted octanol–water partition coefficient (Wildman–Crippen LogP) is 3.26. The molecule has 0 aromatic rings. The summed E-state index contributed by atoms with van der Waals surface area (Å²) in [5, 5.41) is 0. The van der Waals surface area contributed by atoms with Crippen LogP contribution in [0.25, 0.3) is 0 Å². The van der Waals surface area contributed by atoms with E-state index in [1.807, 2.05) is 0 Å². The molecule has 0 aromatic heterocycles. The monoisotopic (exact) mass is 240 g/mol. The first-order chi connectivity index (χ1) is 8.07. The largest absolute Gasteiger partial charge is 0.330 e. The molecule has 0 spiro atoms. The van der Waals surface area contributed by atoms with Gasteiger partial charge in [0.1, 0.15) is 0 Å². The third-order valence-corrected chi connectivity index (χ3v) is 4.34. The molecule has 1 aliphatic carbocycles. The number of hydrogen-bond acceptors (Lipinski definition) is 2. The Morgan fingerprint density at radius 2 is 1.94 bits per heavy atom. The van der Waals surface area contributed by atoms with Crippen molar-refractivity contribution in [2.75, 3.05) is 26.2 Å². The molecule has 0 aromatic carbocycles. The van der Waals surface area contributed by atoms with Gasteiger partial charge in [-0.1, -0.05) is 27.2 Å². The van der Waals surface area contributed by atoms with Crippen LogP contribution in [0.3, 0.4) is 0 Å². The summed E-state index contributed by atoms with van der Waals surface area (Å²) in [5.41, 5.74) is 6.09. The molecule has 0 bridgehead atoms. The molecule has 2 nitrogen and oxygen atoms in total. The first-order valence-corrected chi connectivity index (χ1v) is 7.50. The van der Waals surface area contributed by atoms with Crippen molar-refractivity contribution in [1.82, 2.24) is 4.90 Å². The standard InChI is InChI=1S/C15H32N2/c1-4-17(13-14-7-5-8-14)12-6-9-15(2,3)10-11-16/h14H,4-13,16H2,1-3H3. The predicted molar refractivity (Wildman–Crippen MR) is 76.1 cm³/mol. The minimum Gasteiger partial charge on any atom is -0.330 e. The fraction of sp³-hybridized carbons (Fsp3) is 1.00. The van der Waals surface area contributed by atoms with Crippen LogP contribution < -0.4 is 5.73 Å². The fourth-order valence-electron chi connectivity index (χ4n) is 2.72. The molecule has 102 valence electrons. The van der Waals surface area contributed by atoms with Crippen LogP contribution in [0.1, 0.15) is 59.3 Å². The van der Waals surface area contributed by atoms with Crippen molar-refractivity contribution in [3.8, 4) is 0 Å². The van der Waals surface area contributed by atoms with E-state index in [-0.39, 0.29) is 0 Å². The normalized spacial score (nSPS) is 17.5. The zero-order valence-electron chi connectivity index (χ0n) is 12.2. The van der Waals surface area contributed by atoms with Gasteiger partial charge in [0.15, 0.2) is 0 Å². The maximum Gasteiger partial charge on any atom is 0.000954 e. The summed E-state index contributed by atoms with van der Waals surface area (Å²) in [6.45, 7) is 11.7. The van der Waals surface area contributed by atoms with E-state index < -0.39 is 0 Å². The molecule has 0 atom stereocenters. The van der Waals surface area contributed by atoms with Crippen LogP contribution in [0.2, 0.25) is 0 Å². The molecule has 0 saturated heterocycles. The highest BCUT2D eigenvalue weighted by atomic mass is 15.1. The molecule has 0 amide bonds. The molecule has 2 heteroatoms. The third kappa shape index (κ3) is 5.87. The van der Waals surface area contributed by atoms with Gasteiger partial charge in [0, 0.05) is 6.54 Å². The average Bonchev–Trinajstić information content (AvgIpc) is 2.20. The van der Waals surface area contributed by atoms with Crippen LogP contribution in [0.4, 0.5) is 0 Å². The summed E-state index contributed by atoms with van der Waals surface area (Å²) >= 11 is 0. The summed E-state index contributed by atoms with van der Waals surface area (Å²) in [6, 6.07) is 0. The lowest BCUT2D eigenvalue weighted by Gasteiger charge is -2.32. The summed E-state index contributed by atoms with van der Waals surface area (Å²) in [6.07, 6.45) is 8.19. The van der Waals surface area contributed by atoms with Gasteiger partial charge in [-0.3, -0.25) is 0 Å². The SMILES string of the molecule is CCN(CCCC(C)(C)CCN)CC1CCC1. The van der Waals surface area contributed by atoms with E-state index in [1.54, 1.807) is 0 Å². The zero-order chi connectivity index (χ0) is 12.7. The van der Waals surface area contributed by atoms with E-state index in [2.05, 4.69) is 25.7 Å². The third-order valence-electron chi connectivity index (χ3n) is 4.34. The van der Waals surface area contributed by atoms with Gasteiger partial charge >= 0.3 is 0 Å². The molecule has 0 heterocycles. The van der Waals surface area contributed by atoms with Crippen molar-refractivity contribution in [2.24, 2.45) is 17.1 Å². The second kappa shape index (κ2) is 7.38. The zero-order valence-corrected chi connectivity index (χ0v) is 12.2. The highest BCUT2D eigenvalue weighted by Gasteiger charge is 2.21. The van der Waals surface area contributed by atoms with Gasteiger partial charge in [-0.15, -0.1) is 0 Å². The van der Waals surface area contributed by atoms with Gasteiger partial charge in [-0.25, -0.2) is 0 Å². The second-order valence-electron chi connectivity index (χ2n) is 6.50. The van der Waals surface area contributed by atoms with Crippen molar-refractivity contribution in [3.05, 3.63) is 0 Å². The Kier molecular flexibility index (Phi) is 6.50. The molecule has 0 aliphatic heterocycles. The van der Waals surface area contributed by atoms with Gasteiger partial charge < -0.3 is 10.6 Å². The molecule has 1 rings (SSSR count). The van der Waals surface area contributed by atoms with E-state index in [0.717, 1.165) is 18.9 Å². The summed E-state index contributed by atoms with van der Waals surface area (Å²) < 4.78 is 0. The lowest BCUT2D eigenvalue weighted by Crippen LogP contribution is -2.33. The Bertz CT molecular complexity index is 197. The number of nitrogens with zero attached hydrogens (tertiary/aromatic N) is 1. The highest BCUT2D eigenvalue weighted by Crippen LogP contribution is 2.28. The molecular weight excluding hydrogens is 208 g/mol. The van der Waals surface area contributed by atoms with E-state index in [9.17, 15) is 0 Å². The lowest BCUT2D eigenvalue weighted by molar-refractivity contribution is 0.173. The molecule has 1 saturated carbocycles. The maximum absolute atomic E-state index is 5.65. The van der Waals surface area contributed by atoms with Crippen LogP contribution in [-0.2, 0) is 0 Å². The van der Waals surface area contributed by atoms with Crippen molar-refractivity contribution in [3.63, 3.8) is 0 Å². The Morgan fingerprint density at radius 1 is 1.24 bits per heavy atom. The highest BCUT2D eigenvalue weighted by molar-refractivity contribution is 4.74. The van der Waals surface area contributed by atoms with Gasteiger partial charge in [0.05, 0.1) is 0 Å². The van der Waals surface area contributed by atoms with E-state index in [1.165, 1.54) is 51.7 Å². The first kappa shape index (κ1) is 15.0. The summed E-state index contributed by atoms with van der Waals surface area (Å²) in [7, 11) is 0. The molecule has 1 fully saturated rings. The summed E-state index contributed by atoms with van der Waals surface area (Å²) in [5.74, 6) is 1.01. The summed E-state index contributed by atoms with van der Waals surface area (Å²) in [4.78, 5) is 2.64. The van der Waals surface area contributed by atoms with Gasteiger partial charge in [-0.05, 0) is 63.1 Å². The number of rotatable bonds is 9. The van der Waals surface area contributed by atoms with Crippen LogP contribution in [0.15, 0.2) is 0 Å². The average molecular weight is 240 g/mol. The van der Waals surface area contributed by atoms with Crippen molar-refractivity contribution < 1.29 is 0 Å². The van der Waals surface area contributed by atoms with Crippen molar-refractivity contribution in [2.45, 2.75) is 59.3 Å². The van der Waals surface area contributed by atoms with Gasteiger partial charge in [0.25, 0.3) is 0 Å². The second-order valence-corrected chi connectivity index (χ2v) is 6.50. The number of hydrogen-bond donors (Lipinski definition) is 1. The Hall–Kier alpha value is -0.0800. The molecule has 1 aliphatic rings. The van der Waals surface area contributed by atoms with E-state index in [0.29, 0.717) is 5.41 Å². The van der Waals surface area contributed by atoms with Gasteiger partial charge in [-0.2, -0.15) is 0 Å². The van der Waals surface area contributed by atoms with Crippen molar-refractivity contribution in [1.29, 1.82) is 0 Å².